The summed E-state index contributed by atoms with van der Waals surface area (Å²) in [6.45, 7) is 2.80. The number of amides is 2. The molecule has 0 saturated carbocycles. The fraction of sp³-hybridized carbons (Fsp3) is 0.346. The molecule has 2 aromatic carbocycles. The van der Waals surface area contributed by atoms with Crippen LogP contribution >= 0.6 is 0 Å². The predicted molar refractivity (Wildman–Crippen MR) is 134 cm³/mol. The van der Waals surface area contributed by atoms with Crippen LogP contribution in [0.3, 0.4) is 0 Å². The van der Waals surface area contributed by atoms with Gasteiger partial charge < -0.3 is 24.5 Å². The van der Waals surface area contributed by atoms with Crippen LogP contribution < -0.4 is 10.2 Å². The Kier molecular flexibility index (Phi) is 10.1. The molecule has 11 nitrogen and oxygen atoms in total. The van der Waals surface area contributed by atoms with Gasteiger partial charge in [0, 0.05) is 17.3 Å². The normalized spacial score (nSPS) is 12.3. The second kappa shape index (κ2) is 13.4. The van der Waals surface area contributed by atoms with Gasteiger partial charge in [0.25, 0.3) is 0 Å². The number of hydrogen-bond acceptors (Lipinski definition) is 8. The summed E-state index contributed by atoms with van der Waals surface area (Å²) >= 11 is 0. The quantitative estimate of drug-likeness (QED) is 0.204. The van der Waals surface area contributed by atoms with Crippen LogP contribution in [0.25, 0.3) is 11.0 Å². The highest BCUT2D eigenvalue weighted by molar-refractivity contribution is 6.08. The Morgan fingerprint density at radius 1 is 1.10 bits per heavy atom. The third-order valence-corrected chi connectivity index (χ3v) is 5.76. The number of rotatable bonds is 11. The lowest BCUT2D eigenvalue weighted by atomic mass is 10.0. The third-order valence-electron chi connectivity index (χ3n) is 5.76. The van der Waals surface area contributed by atoms with Crippen LogP contribution in [-0.2, 0) is 28.6 Å². The molecule has 0 aliphatic rings. The molecule has 0 aliphatic carbocycles. The Morgan fingerprint density at radius 2 is 1.85 bits per heavy atom. The van der Waals surface area contributed by atoms with Crippen molar-refractivity contribution in [3.63, 3.8) is 0 Å². The number of carbonyl (C=O) groups is 4. The molecule has 3 rings (SSSR count). The van der Waals surface area contributed by atoms with Gasteiger partial charge in [-0.15, -0.1) is 0 Å². The molecule has 0 fully saturated rings. The number of benzene rings is 2. The predicted octanol–water partition coefficient (Wildman–Crippen LogP) is 3.69. The number of esters is 1. The lowest BCUT2D eigenvalue weighted by Crippen LogP contribution is -2.47. The summed E-state index contributed by atoms with van der Waals surface area (Å²) in [6.07, 6.45) is -1.19. The molecule has 0 spiro atoms. The van der Waals surface area contributed by atoms with Crippen LogP contribution in [0.15, 0.2) is 36.7 Å². The molecular formula is C26H27F3N4O7. The Morgan fingerprint density at radius 3 is 2.52 bits per heavy atom. The maximum Gasteiger partial charge on any atom is 0.508 e. The molecule has 0 radical (unpaired) electrons. The summed E-state index contributed by atoms with van der Waals surface area (Å²) in [4.78, 5) is 58.5. The fourth-order valence-electron chi connectivity index (χ4n) is 3.86. The number of aromatic amines is 1. The number of aromatic nitrogens is 2. The van der Waals surface area contributed by atoms with Crippen molar-refractivity contribution in [2.75, 3.05) is 25.2 Å². The average molecular weight is 565 g/mol. The van der Waals surface area contributed by atoms with Crippen LogP contribution in [0.1, 0.15) is 38.3 Å². The van der Waals surface area contributed by atoms with Gasteiger partial charge in [0.05, 0.1) is 37.6 Å². The fourth-order valence-corrected chi connectivity index (χ4v) is 3.86. The number of carbonyl (C=O) groups excluding carboxylic acids is 4. The van der Waals surface area contributed by atoms with Crippen molar-refractivity contribution in [1.82, 2.24) is 15.3 Å². The van der Waals surface area contributed by atoms with E-state index in [1.54, 1.807) is 6.92 Å². The standard InChI is InChI=1S/C26H27F3N4O7/c1-4-16(40-26(37)38-3)12-30-25(36)24(17-8-14(27)9-18(28)23(17)29)33(21(34)11-22(35)39-5-2)15-6-7-19-20(10-15)32-13-31-19/h6-10,13,16,24H,4-5,11-12H2,1-3H3,(H,30,36)(H,31,32). The first-order chi connectivity index (χ1) is 19.1. The van der Waals surface area contributed by atoms with Gasteiger partial charge in [0.15, 0.2) is 11.6 Å². The van der Waals surface area contributed by atoms with Crippen LogP contribution in [0.5, 0.6) is 0 Å². The van der Waals surface area contributed by atoms with E-state index < -0.39 is 65.5 Å². The van der Waals surface area contributed by atoms with Gasteiger partial charge in [-0.25, -0.2) is 22.9 Å². The molecule has 0 bridgehead atoms. The Hall–Kier alpha value is -4.62. The van der Waals surface area contributed by atoms with Crippen molar-refractivity contribution in [1.29, 1.82) is 0 Å². The molecule has 1 aromatic heterocycles. The van der Waals surface area contributed by atoms with Gasteiger partial charge in [-0.2, -0.15) is 0 Å². The molecular weight excluding hydrogens is 537 g/mol. The number of imidazole rings is 1. The number of nitrogens with zero attached hydrogens (tertiary/aromatic N) is 2. The number of fused-ring (bicyclic) bond motifs is 1. The average Bonchev–Trinajstić information content (AvgIpc) is 3.39. The SMILES string of the molecule is CCOC(=O)CC(=O)N(c1ccc2[nH]cnc2c1)C(C(=O)NCC(CC)OC(=O)OC)c1cc(F)cc(F)c1F. The van der Waals surface area contributed by atoms with E-state index in [1.807, 2.05) is 0 Å². The number of H-pyrrole nitrogens is 1. The van der Waals surface area contributed by atoms with Crippen molar-refractivity contribution in [2.45, 2.75) is 38.8 Å². The number of methoxy groups -OCH3 is 1. The van der Waals surface area contributed by atoms with E-state index >= 15 is 4.39 Å². The highest BCUT2D eigenvalue weighted by Gasteiger charge is 2.37. The summed E-state index contributed by atoms with van der Waals surface area (Å²) < 4.78 is 58.2. The van der Waals surface area contributed by atoms with E-state index in [9.17, 15) is 28.0 Å². The Labute approximate surface area is 226 Å². The van der Waals surface area contributed by atoms with Crippen molar-refractivity contribution in [2.24, 2.45) is 0 Å². The molecule has 3 aromatic rings. The molecule has 214 valence electrons. The molecule has 1 heterocycles. The topological polar surface area (TPSA) is 140 Å². The zero-order valence-electron chi connectivity index (χ0n) is 21.8. The van der Waals surface area contributed by atoms with Crippen LogP contribution in [0.4, 0.5) is 23.7 Å². The maximum absolute atomic E-state index is 15.1. The van der Waals surface area contributed by atoms with E-state index in [1.165, 1.54) is 31.5 Å². The first-order valence-electron chi connectivity index (χ1n) is 12.2. The van der Waals surface area contributed by atoms with E-state index in [-0.39, 0.29) is 31.3 Å². The molecule has 2 amide bonds. The minimum atomic E-state index is -2.01. The highest BCUT2D eigenvalue weighted by atomic mass is 19.2. The second-order valence-corrected chi connectivity index (χ2v) is 8.39. The second-order valence-electron chi connectivity index (χ2n) is 8.39. The van der Waals surface area contributed by atoms with E-state index in [2.05, 4.69) is 20.0 Å². The highest BCUT2D eigenvalue weighted by Crippen LogP contribution is 2.33. The molecule has 2 atom stereocenters. The van der Waals surface area contributed by atoms with Gasteiger partial charge in [-0.3, -0.25) is 19.3 Å². The third kappa shape index (κ3) is 7.07. The summed E-state index contributed by atoms with van der Waals surface area (Å²) in [6, 6.07) is 3.11. The molecule has 14 heteroatoms. The number of anilines is 1. The van der Waals surface area contributed by atoms with Crippen molar-refractivity contribution in [3.8, 4) is 0 Å². The number of nitrogens with one attached hydrogen (secondary N) is 2. The summed E-state index contributed by atoms with van der Waals surface area (Å²) in [5.41, 5.74) is 0.0394. The largest absolute Gasteiger partial charge is 0.508 e. The Balaban J connectivity index is 2.13. The molecule has 2 N–H and O–H groups in total. The van der Waals surface area contributed by atoms with E-state index in [0.29, 0.717) is 17.1 Å². The first kappa shape index (κ1) is 29.9. The van der Waals surface area contributed by atoms with Crippen LogP contribution in [0.2, 0.25) is 0 Å². The monoisotopic (exact) mass is 564 g/mol. The first-order valence-corrected chi connectivity index (χ1v) is 12.2. The van der Waals surface area contributed by atoms with Gasteiger partial charge in [0.2, 0.25) is 11.8 Å². The molecule has 2 unspecified atom stereocenters. The molecule has 0 saturated heterocycles. The van der Waals surface area contributed by atoms with Gasteiger partial charge in [-0.1, -0.05) is 6.92 Å². The zero-order chi connectivity index (χ0) is 29.4. The van der Waals surface area contributed by atoms with Gasteiger partial charge in [-0.05, 0) is 37.6 Å². The van der Waals surface area contributed by atoms with Crippen molar-refractivity contribution >= 4 is 40.7 Å². The molecule has 40 heavy (non-hydrogen) atoms. The van der Waals surface area contributed by atoms with Gasteiger partial charge >= 0.3 is 12.1 Å². The lowest BCUT2D eigenvalue weighted by Gasteiger charge is -2.32. The smallest absolute Gasteiger partial charge is 0.466 e. The maximum atomic E-state index is 15.1. The summed E-state index contributed by atoms with van der Waals surface area (Å²) in [7, 11) is 1.09. The summed E-state index contributed by atoms with van der Waals surface area (Å²) in [5, 5.41) is 2.43. The van der Waals surface area contributed by atoms with E-state index in [0.717, 1.165) is 12.0 Å². The van der Waals surface area contributed by atoms with Crippen molar-refractivity contribution < 1.29 is 46.6 Å². The number of hydrogen-bond donors (Lipinski definition) is 2. The van der Waals surface area contributed by atoms with Crippen molar-refractivity contribution in [3.05, 3.63) is 59.7 Å². The lowest BCUT2D eigenvalue weighted by molar-refractivity contribution is -0.146. The van der Waals surface area contributed by atoms with Crippen LogP contribution in [-0.4, -0.2) is 60.3 Å². The zero-order valence-corrected chi connectivity index (χ0v) is 21.8. The molecule has 0 aliphatic heterocycles. The minimum absolute atomic E-state index is 0.0315. The minimum Gasteiger partial charge on any atom is -0.466 e. The number of ether oxygens (including phenoxy) is 3. The Bertz CT molecular complexity index is 1400. The van der Waals surface area contributed by atoms with E-state index in [4.69, 9.17) is 9.47 Å². The summed E-state index contributed by atoms with van der Waals surface area (Å²) in [5.74, 6) is -7.47. The van der Waals surface area contributed by atoms with Gasteiger partial charge in [0.1, 0.15) is 24.4 Å². The number of halogens is 3. The van der Waals surface area contributed by atoms with Crippen LogP contribution in [0, 0.1) is 17.5 Å².